The summed E-state index contributed by atoms with van der Waals surface area (Å²) in [6.45, 7) is 5.97. The largest absolute Gasteiger partial charge is 0.327 e. The van der Waals surface area contributed by atoms with Gasteiger partial charge in [-0.1, -0.05) is 6.07 Å². The molecule has 2 aromatic rings. The predicted octanol–water partition coefficient (Wildman–Crippen LogP) is 3.36. The highest BCUT2D eigenvalue weighted by Gasteiger charge is 2.29. The number of anilines is 3. The molecule has 1 aliphatic rings. The van der Waals surface area contributed by atoms with Crippen molar-refractivity contribution in [2.75, 3.05) is 23.9 Å². The van der Waals surface area contributed by atoms with Crippen molar-refractivity contribution in [3.05, 3.63) is 46.6 Å². The lowest BCUT2D eigenvalue weighted by molar-refractivity contribution is 0.0993. The van der Waals surface area contributed by atoms with Gasteiger partial charge >= 0.3 is 0 Å². The minimum atomic E-state index is -0.00977. The molecule has 0 unspecified atom stereocenters. The summed E-state index contributed by atoms with van der Waals surface area (Å²) >= 11 is 0. The van der Waals surface area contributed by atoms with E-state index in [-0.39, 0.29) is 5.91 Å². The van der Waals surface area contributed by atoms with Crippen LogP contribution in [-0.4, -0.2) is 25.0 Å². The first-order valence-corrected chi connectivity index (χ1v) is 7.01. The summed E-state index contributed by atoms with van der Waals surface area (Å²) in [6, 6.07) is 8.07. The van der Waals surface area contributed by atoms with Crippen LogP contribution in [0.4, 0.5) is 17.2 Å². The summed E-state index contributed by atoms with van der Waals surface area (Å²) in [5.74, 6) is 0.721. The van der Waals surface area contributed by atoms with Crippen molar-refractivity contribution in [3.8, 4) is 0 Å². The van der Waals surface area contributed by atoms with Gasteiger partial charge in [0.2, 0.25) is 0 Å². The number of hydrogen-bond acceptors (Lipinski definition) is 3. The number of aromatic nitrogens is 1. The van der Waals surface area contributed by atoms with E-state index >= 15 is 0 Å². The first-order valence-electron chi connectivity index (χ1n) is 7.01. The van der Waals surface area contributed by atoms with Crippen molar-refractivity contribution < 1.29 is 4.79 Å². The maximum atomic E-state index is 12.8. The third-order valence-electron chi connectivity index (χ3n) is 4.02. The number of nitrogens with zero attached hydrogens (tertiary/aromatic N) is 3. The van der Waals surface area contributed by atoms with Crippen molar-refractivity contribution in [3.63, 3.8) is 0 Å². The second-order valence-electron chi connectivity index (χ2n) is 5.69. The van der Waals surface area contributed by atoms with Gasteiger partial charge in [-0.2, -0.15) is 0 Å². The van der Waals surface area contributed by atoms with Crippen LogP contribution in [0.5, 0.6) is 0 Å². The van der Waals surface area contributed by atoms with Gasteiger partial charge in [0.1, 0.15) is 5.82 Å². The SMILES string of the molecule is Cc1ccc2c(c1)N(C)c1nc(C)cc(C)c1C(=O)N2C. The van der Waals surface area contributed by atoms with Crippen LogP contribution in [0.15, 0.2) is 24.3 Å². The third-order valence-corrected chi connectivity index (χ3v) is 4.02. The van der Waals surface area contributed by atoms with E-state index in [2.05, 4.69) is 18.0 Å². The summed E-state index contributed by atoms with van der Waals surface area (Å²) in [5, 5.41) is 0. The highest BCUT2D eigenvalue weighted by atomic mass is 16.2. The highest BCUT2D eigenvalue weighted by Crippen LogP contribution is 2.39. The average Bonchev–Trinajstić information content (AvgIpc) is 2.50. The van der Waals surface area contributed by atoms with Crippen molar-refractivity contribution in [2.45, 2.75) is 20.8 Å². The normalized spacial score (nSPS) is 13.9. The Morgan fingerprint density at radius 1 is 0.952 bits per heavy atom. The Hall–Kier alpha value is -2.36. The molecule has 4 heteroatoms. The van der Waals surface area contributed by atoms with E-state index in [1.54, 1.807) is 4.90 Å². The monoisotopic (exact) mass is 281 g/mol. The minimum absolute atomic E-state index is 0.00977. The molecule has 0 atom stereocenters. The quantitative estimate of drug-likeness (QED) is 0.743. The smallest absolute Gasteiger partial charge is 0.262 e. The topological polar surface area (TPSA) is 36.4 Å². The Morgan fingerprint density at radius 2 is 1.67 bits per heavy atom. The van der Waals surface area contributed by atoms with E-state index in [1.807, 2.05) is 51.0 Å². The van der Waals surface area contributed by atoms with E-state index < -0.39 is 0 Å². The van der Waals surface area contributed by atoms with Crippen LogP contribution in [-0.2, 0) is 0 Å². The van der Waals surface area contributed by atoms with Crippen LogP contribution < -0.4 is 9.80 Å². The molecule has 3 rings (SSSR count). The van der Waals surface area contributed by atoms with Crippen LogP contribution in [0.2, 0.25) is 0 Å². The molecular formula is C17H19N3O. The molecule has 4 nitrogen and oxygen atoms in total. The van der Waals surface area contributed by atoms with E-state index in [0.29, 0.717) is 5.56 Å². The first kappa shape index (κ1) is 13.6. The molecule has 0 spiro atoms. The number of pyridine rings is 1. The average molecular weight is 281 g/mol. The number of fused-ring (bicyclic) bond motifs is 2. The van der Waals surface area contributed by atoms with Gasteiger partial charge in [-0.15, -0.1) is 0 Å². The van der Waals surface area contributed by atoms with E-state index in [0.717, 1.165) is 34.0 Å². The van der Waals surface area contributed by atoms with Gasteiger partial charge in [0.25, 0.3) is 5.91 Å². The number of hydrogen-bond donors (Lipinski definition) is 0. The van der Waals surface area contributed by atoms with Crippen LogP contribution in [0, 0.1) is 20.8 Å². The molecule has 21 heavy (non-hydrogen) atoms. The van der Waals surface area contributed by atoms with Gasteiger partial charge in [0.05, 0.1) is 16.9 Å². The maximum Gasteiger partial charge on any atom is 0.262 e. The van der Waals surface area contributed by atoms with Crippen molar-refractivity contribution in [1.82, 2.24) is 4.98 Å². The summed E-state index contributed by atoms with van der Waals surface area (Å²) in [4.78, 5) is 21.2. The molecule has 1 amide bonds. The number of benzene rings is 1. The van der Waals surface area contributed by atoms with Crippen LogP contribution in [0.3, 0.4) is 0 Å². The lowest BCUT2D eigenvalue weighted by atomic mass is 10.1. The standard InChI is InChI=1S/C17H19N3O/c1-10-6-7-13-14(8-10)19(4)16-15(17(21)20(13)5)11(2)9-12(3)18-16/h6-9H,1-5H3. The third kappa shape index (κ3) is 1.98. The van der Waals surface area contributed by atoms with Crippen molar-refractivity contribution in [1.29, 1.82) is 0 Å². The Kier molecular flexibility index (Phi) is 2.97. The molecule has 2 heterocycles. The highest BCUT2D eigenvalue weighted by molar-refractivity contribution is 6.13. The fraction of sp³-hybridized carbons (Fsp3) is 0.294. The molecule has 1 aromatic carbocycles. The number of carbonyl (C=O) groups is 1. The maximum absolute atomic E-state index is 12.8. The molecule has 0 bridgehead atoms. The van der Waals surface area contributed by atoms with Gasteiger partial charge in [0.15, 0.2) is 0 Å². The molecule has 0 fully saturated rings. The minimum Gasteiger partial charge on any atom is -0.327 e. The molecule has 0 radical (unpaired) electrons. The first-order chi connectivity index (χ1) is 9.90. The fourth-order valence-corrected chi connectivity index (χ4v) is 2.90. The van der Waals surface area contributed by atoms with Gasteiger partial charge in [-0.25, -0.2) is 4.98 Å². The van der Waals surface area contributed by atoms with Crippen LogP contribution in [0.1, 0.15) is 27.2 Å². The zero-order chi connectivity index (χ0) is 15.3. The Labute approximate surface area is 125 Å². The Morgan fingerprint density at radius 3 is 2.38 bits per heavy atom. The summed E-state index contributed by atoms with van der Waals surface area (Å²) in [6.07, 6.45) is 0. The molecule has 0 aliphatic carbocycles. The molecule has 1 aliphatic heterocycles. The zero-order valence-corrected chi connectivity index (χ0v) is 13.1. The van der Waals surface area contributed by atoms with Crippen molar-refractivity contribution in [2.24, 2.45) is 0 Å². The van der Waals surface area contributed by atoms with Crippen molar-refractivity contribution >= 4 is 23.1 Å². The molecule has 0 saturated carbocycles. The van der Waals surface area contributed by atoms with Gasteiger partial charge < -0.3 is 9.80 Å². The molecule has 0 N–H and O–H groups in total. The second kappa shape index (κ2) is 4.58. The number of rotatable bonds is 0. The second-order valence-corrected chi connectivity index (χ2v) is 5.69. The predicted molar refractivity (Wildman–Crippen MR) is 85.7 cm³/mol. The molecule has 0 saturated heterocycles. The Bertz CT molecular complexity index is 752. The summed E-state index contributed by atoms with van der Waals surface area (Å²) in [7, 11) is 3.79. The fourth-order valence-electron chi connectivity index (χ4n) is 2.90. The summed E-state index contributed by atoms with van der Waals surface area (Å²) < 4.78 is 0. The summed E-state index contributed by atoms with van der Waals surface area (Å²) in [5.41, 5.74) is 5.63. The zero-order valence-electron chi connectivity index (χ0n) is 13.1. The van der Waals surface area contributed by atoms with Gasteiger partial charge in [-0.05, 0) is 50.1 Å². The molecule has 1 aromatic heterocycles. The van der Waals surface area contributed by atoms with Gasteiger partial charge in [-0.3, -0.25) is 4.79 Å². The number of amides is 1. The number of carbonyl (C=O) groups excluding carboxylic acids is 1. The number of aryl methyl sites for hydroxylation is 3. The van der Waals surface area contributed by atoms with E-state index in [4.69, 9.17) is 0 Å². The molecule has 108 valence electrons. The van der Waals surface area contributed by atoms with E-state index in [1.165, 1.54) is 0 Å². The van der Waals surface area contributed by atoms with Crippen LogP contribution >= 0.6 is 0 Å². The lowest BCUT2D eigenvalue weighted by Gasteiger charge is -2.22. The molecular weight excluding hydrogens is 262 g/mol. The van der Waals surface area contributed by atoms with Crippen LogP contribution in [0.25, 0.3) is 0 Å². The Balaban J connectivity index is 2.36. The lowest BCUT2D eigenvalue weighted by Crippen LogP contribution is -2.26. The van der Waals surface area contributed by atoms with E-state index in [9.17, 15) is 4.79 Å². The van der Waals surface area contributed by atoms with Gasteiger partial charge in [0, 0.05) is 19.8 Å².